The van der Waals surface area contributed by atoms with Crippen molar-refractivity contribution < 1.29 is 24.4 Å². The average Bonchev–Trinajstić information content (AvgIpc) is 2.54. The van der Waals surface area contributed by atoms with Crippen molar-refractivity contribution in [1.29, 1.82) is 0 Å². The van der Waals surface area contributed by atoms with E-state index in [0.29, 0.717) is 25.6 Å². The standard InChI is InChI=1S/C15H18N2O6/c1-23-9-10-2-4-16(5-3-10)14(18)11-6-12(15(19)20)8-13(7-11)17(21)22/h6-8,10H,2-5,9H2,1H3,(H,19,20). The van der Waals surface area contributed by atoms with E-state index in [1.807, 2.05) is 0 Å². The zero-order chi connectivity index (χ0) is 17.0. The first-order valence-corrected chi connectivity index (χ1v) is 7.23. The Bertz CT molecular complexity index is 590. The molecule has 1 aromatic carbocycles. The number of non-ortho nitro benzene ring substituents is 1. The van der Waals surface area contributed by atoms with Crippen LogP contribution in [0.15, 0.2) is 18.2 Å². The van der Waals surface area contributed by atoms with Crippen molar-refractivity contribution in [2.75, 3.05) is 26.8 Å². The van der Waals surface area contributed by atoms with Crippen LogP contribution in [0, 0.1) is 16.0 Å². The highest BCUT2D eigenvalue weighted by Gasteiger charge is 2.25. The molecule has 1 amide bonds. The molecule has 2 rings (SSSR count). The van der Waals surface area contributed by atoms with Gasteiger partial charge in [0, 0.05) is 44.5 Å². The number of methoxy groups -OCH3 is 1. The molecule has 8 nitrogen and oxygen atoms in total. The minimum atomic E-state index is -1.30. The third-order valence-corrected chi connectivity index (χ3v) is 3.93. The van der Waals surface area contributed by atoms with Gasteiger partial charge in [-0.1, -0.05) is 0 Å². The van der Waals surface area contributed by atoms with Crippen molar-refractivity contribution in [3.05, 3.63) is 39.4 Å². The van der Waals surface area contributed by atoms with E-state index in [4.69, 9.17) is 9.84 Å². The molecule has 1 saturated heterocycles. The van der Waals surface area contributed by atoms with Crippen molar-refractivity contribution in [3.8, 4) is 0 Å². The SMILES string of the molecule is COCC1CCN(C(=O)c2cc(C(=O)O)cc([N+](=O)[O-])c2)CC1. The summed E-state index contributed by atoms with van der Waals surface area (Å²) in [5.41, 5.74) is -0.638. The second-order valence-electron chi connectivity index (χ2n) is 5.52. The lowest BCUT2D eigenvalue weighted by molar-refractivity contribution is -0.384. The maximum Gasteiger partial charge on any atom is 0.335 e. The third-order valence-electron chi connectivity index (χ3n) is 3.93. The van der Waals surface area contributed by atoms with Gasteiger partial charge < -0.3 is 14.7 Å². The van der Waals surface area contributed by atoms with E-state index in [1.54, 1.807) is 12.0 Å². The number of piperidine rings is 1. The number of aromatic carboxylic acids is 1. The lowest BCUT2D eigenvalue weighted by Crippen LogP contribution is -2.39. The number of benzene rings is 1. The number of carbonyl (C=O) groups excluding carboxylic acids is 1. The number of carboxylic acids is 1. The number of likely N-dealkylation sites (tertiary alicyclic amines) is 1. The molecule has 23 heavy (non-hydrogen) atoms. The molecule has 0 bridgehead atoms. The van der Waals surface area contributed by atoms with Gasteiger partial charge in [-0.05, 0) is 24.8 Å². The number of carbonyl (C=O) groups is 2. The van der Waals surface area contributed by atoms with Gasteiger partial charge >= 0.3 is 5.97 Å². The summed E-state index contributed by atoms with van der Waals surface area (Å²) in [6.45, 7) is 1.69. The summed E-state index contributed by atoms with van der Waals surface area (Å²) in [5, 5.41) is 20.0. The topological polar surface area (TPSA) is 110 Å². The molecule has 8 heteroatoms. The Hall–Kier alpha value is -2.48. The first-order chi connectivity index (χ1) is 10.9. The molecule has 1 aliphatic heterocycles. The fourth-order valence-corrected chi connectivity index (χ4v) is 2.68. The van der Waals surface area contributed by atoms with Gasteiger partial charge in [-0.15, -0.1) is 0 Å². The third kappa shape index (κ3) is 4.04. The Balaban J connectivity index is 2.19. The summed E-state index contributed by atoms with van der Waals surface area (Å²) in [5.74, 6) is -1.29. The molecule has 0 unspecified atom stereocenters. The van der Waals surface area contributed by atoms with Crippen LogP contribution in [0.4, 0.5) is 5.69 Å². The molecule has 0 aliphatic carbocycles. The minimum Gasteiger partial charge on any atom is -0.478 e. The molecule has 0 atom stereocenters. The van der Waals surface area contributed by atoms with Crippen LogP contribution in [0.2, 0.25) is 0 Å². The largest absolute Gasteiger partial charge is 0.478 e. The molecular weight excluding hydrogens is 304 g/mol. The van der Waals surface area contributed by atoms with Crippen molar-refractivity contribution in [2.24, 2.45) is 5.92 Å². The number of hydrogen-bond acceptors (Lipinski definition) is 5. The number of hydrogen-bond donors (Lipinski definition) is 1. The lowest BCUT2D eigenvalue weighted by atomic mass is 9.97. The summed E-state index contributed by atoms with van der Waals surface area (Å²) in [6.07, 6.45) is 1.58. The number of nitro groups is 1. The maximum atomic E-state index is 12.5. The van der Waals surface area contributed by atoms with Crippen LogP contribution >= 0.6 is 0 Å². The van der Waals surface area contributed by atoms with Crippen LogP contribution in [-0.4, -0.2) is 53.6 Å². The summed E-state index contributed by atoms with van der Waals surface area (Å²) in [6, 6.07) is 3.25. The van der Waals surface area contributed by atoms with Gasteiger partial charge in [0.2, 0.25) is 0 Å². The summed E-state index contributed by atoms with van der Waals surface area (Å²) in [4.78, 5) is 35.4. The first-order valence-electron chi connectivity index (χ1n) is 7.23. The van der Waals surface area contributed by atoms with Gasteiger partial charge in [0.05, 0.1) is 10.5 Å². The zero-order valence-corrected chi connectivity index (χ0v) is 12.7. The summed E-state index contributed by atoms with van der Waals surface area (Å²) in [7, 11) is 1.63. The first kappa shape index (κ1) is 16.9. The molecule has 1 heterocycles. The van der Waals surface area contributed by atoms with Crippen LogP contribution in [0.1, 0.15) is 33.6 Å². The number of carboxylic acid groups (broad SMARTS) is 1. The van der Waals surface area contributed by atoms with Gasteiger partial charge in [0.15, 0.2) is 0 Å². The Morgan fingerprint density at radius 3 is 2.43 bits per heavy atom. The second kappa shape index (κ2) is 7.19. The highest BCUT2D eigenvalue weighted by Crippen LogP contribution is 2.22. The van der Waals surface area contributed by atoms with Crippen LogP contribution in [0.25, 0.3) is 0 Å². The molecule has 1 fully saturated rings. The molecule has 1 aliphatic rings. The van der Waals surface area contributed by atoms with Gasteiger partial charge in [0.1, 0.15) is 0 Å². The molecule has 0 saturated carbocycles. The van der Waals surface area contributed by atoms with Crippen LogP contribution in [0.3, 0.4) is 0 Å². The Morgan fingerprint density at radius 2 is 1.91 bits per heavy atom. The molecule has 124 valence electrons. The van der Waals surface area contributed by atoms with Crippen LogP contribution in [0.5, 0.6) is 0 Å². The Kier molecular flexibility index (Phi) is 5.28. The number of ether oxygens (including phenoxy) is 1. The van der Waals surface area contributed by atoms with Gasteiger partial charge in [-0.25, -0.2) is 4.79 Å². The normalized spacial score (nSPS) is 15.4. The van der Waals surface area contributed by atoms with Gasteiger partial charge in [-0.3, -0.25) is 14.9 Å². The zero-order valence-electron chi connectivity index (χ0n) is 12.7. The molecular formula is C15H18N2O6. The quantitative estimate of drug-likeness (QED) is 0.653. The van der Waals surface area contributed by atoms with E-state index >= 15 is 0 Å². The predicted octanol–water partition coefficient (Wildman–Crippen LogP) is 1.79. The van der Waals surface area contributed by atoms with E-state index in [0.717, 1.165) is 25.0 Å². The number of nitrogens with zero attached hydrogens (tertiary/aromatic N) is 2. The number of nitro benzene ring substituents is 1. The lowest BCUT2D eigenvalue weighted by Gasteiger charge is -2.31. The van der Waals surface area contributed by atoms with Crippen molar-refractivity contribution in [2.45, 2.75) is 12.8 Å². The second-order valence-corrected chi connectivity index (χ2v) is 5.52. The van der Waals surface area contributed by atoms with E-state index < -0.39 is 16.6 Å². The summed E-state index contributed by atoms with van der Waals surface area (Å²) >= 11 is 0. The molecule has 1 N–H and O–H groups in total. The number of amides is 1. The Labute approximate surface area is 132 Å². The van der Waals surface area contributed by atoms with E-state index in [1.165, 1.54) is 6.07 Å². The van der Waals surface area contributed by atoms with Crippen molar-refractivity contribution in [3.63, 3.8) is 0 Å². The van der Waals surface area contributed by atoms with E-state index in [2.05, 4.69) is 0 Å². The number of rotatable bonds is 5. The monoisotopic (exact) mass is 322 g/mol. The highest BCUT2D eigenvalue weighted by atomic mass is 16.6. The minimum absolute atomic E-state index is 0.0294. The van der Waals surface area contributed by atoms with Gasteiger partial charge in [0.25, 0.3) is 11.6 Å². The Morgan fingerprint density at radius 1 is 1.30 bits per heavy atom. The van der Waals surface area contributed by atoms with Crippen LogP contribution < -0.4 is 0 Å². The van der Waals surface area contributed by atoms with Gasteiger partial charge in [-0.2, -0.15) is 0 Å². The van der Waals surface area contributed by atoms with Crippen molar-refractivity contribution >= 4 is 17.6 Å². The molecule has 1 aromatic rings. The average molecular weight is 322 g/mol. The van der Waals surface area contributed by atoms with E-state index in [-0.39, 0.29) is 17.0 Å². The summed E-state index contributed by atoms with van der Waals surface area (Å²) < 4.78 is 5.10. The smallest absolute Gasteiger partial charge is 0.335 e. The van der Waals surface area contributed by atoms with Crippen LogP contribution in [-0.2, 0) is 4.74 Å². The predicted molar refractivity (Wildman–Crippen MR) is 80.6 cm³/mol. The maximum absolute atomic E-state index is 12.5. The highest BCUT2D eigenvalue weighted by molar-refractivity contribution is 5.98. The fraction of sp³-hybridized carbons (Fsp3) is 0.467. The van der Waals surface area contributed by atoms with Crippen molar-refractivity contribution in [1.82, 2.24) is 4.90 Å². The molecule has 0 radical (unpaired) electrons. The fourth-order valence-electron chi connectivity index (χ4n) is 2.68. The molecule has 0 aromatic heterocycles. The molecule has 0 spiro atoms. The van der Waals surface area contributed by atoms with E-state index in [9.17, 15) is 19.7 Å².